The molecule has 3 heteroatoms. The van der Waals surface area contributed by atoms with Gasteiger partial charge in [0.2, 0.25) is 0 Å². The average Bonchev–Trinajstić information content (AvgIpc) is 3.11. The van der Waals surface area contributed by atoms with E-state index in [1.165, 1.54) is 32.1 Å². The minimum atomic E-state index is 0.270. The van der Waals surface area contributed by atoms with Gasteiger partial charge in [0.1, 0.15) is 0 Å². The van der Waals surface area contributed by atoms with E-state index in [0.29, 0.717) is 12.5 Å². The second-order valence-electron chi connectivity index (χ2n) is 5.80. The van der Waals surface area contributed by atoms with Gasteiger partial charge in [0, 0.05) is 6.20 Å². The topological polar surface area (TPSA) is 34.9 Å². The minimum Gasteiger partial charge on any atom is -0.294 e. The summed E-state index contributed by atoms with van der Waals surface area (Å²) in [5, 5.41) is 4.61. The maximum Gasteiger partial charge on any atom is 0.164 e. The van der Waals surface area contributed by atoms with Crippen LogP contribution in [0.4, 0.5) is 0 Å². The van der Waals surface area contributed by atoms with Crippen LogP contribution in [-0.4, -0.2) is 15.6 Å². The van der Waals surface area contributed by atoms with Crippen LogP contribution in [0.3, 0.4) is 0 Å². The van der Waals surface area contributed by atoms with Gasteiger partial charge in [-0.2, -0.15) is 5.10 Å². The van der Waals surface area contributed by atoms with Crippen LogP contribution < -0.4 is 0 Å². The van der Waals surface area contributed by atoms with E-state index in [0.717, 1.165) is 30.5 Å². The van der Waals surface area contributed by atoms with E-state index in [1.54, 1.807) is 0 Å². The lowest BCUT2D eigenvalue weighted by atomic mass is 9.96. The zero-order valence-corrected chi connectivity index (χ0v) is 11.5. The lowest BCUT2D eigenvalue weighted by Gasteiger charge is -2.21. The van der Waals surface area contributed by atoms with Gasteiger partial charge in [-0.3, -0.25) is 9.48 Å². The summed E-state index contributed by atoms with van der Waals surface area (Å²) in [7, 11) is 0. The summed E-state index contributed by atoms with van der Waals surface area (Å²) >= 11 is 0. The molecule has 3 rings (SSSR count). The number of Topliss-reactive ketones (excluding diaryl/α,β-unsaturated/α-hetero) is 1. The Bertz CT molecular complexity index is 481. The maximum atomic E-state index is 12.1. The van der Waals surface area contributed by atoms with Crippen molar-refractivity contribution in [1.82, 2.24) is 9.78 Å². The van der Waals surface area contributed by atoms with Crippen molar-refractivity contribution in [2.45, 2.75) is 63.8 Å². The Morgan fingerprint density at radius 3 is 2.84 bits per heavy atom. The molecule has 0 atom stereocenters. The molecule has 0 spiro atoms. The third-order valence-electron chi connectivity index (χ3n) is 4.35. The molecular weight excluding hydrogens is 236 g/mol. The number of aromatic nitrogens is 2. The second kappa shape index (κ2) is 5.72. The standard InChI is InChI=1S/C16H22N2O/c19-16(13-6-4-5-7-13)12-14-10-11-18(17-14)15-8-2-1-3-9-15/h6,10-11,15H,1-5,7-9,12H2. The Balaban J connectivity index is 1.62. The van der Waals surface area contributed by atoms with Crippen LogP contribution >= 0.6 is 0 Å². The smallest absolute Gasteiger partial charge is 0.164 e. The van der Waals surface area contributed by atoms with Gasteiger partial charge in [-0.1, -0.05) is 25.3 Å². The maximum absolute atomic E-state index is 12.1. The number of rotatable bonds is 4. The zero-order valence-electron chi connectivity index (χ0n) is 11.5. The second-order valence-corrected chi connectivity index (χ2v) is 5.80. The van der Waals surface area contributed by atoms with Gasteiger partial charge in [0.25, 0.3) is 0 Å². The highest BCUT2D eigenvalue weighted by Gasteiger charge is 2.18. The average molecular weight is 258 g/mol. The van der Waals surface area contributed by atoms with E-state index in [1.807, 2.05) is 6.07 Å². The van der Waals surface area contributed by atoms with Crippen molar-refractivity contribution in [3.05, 3.63) is 29.6 Å². The molecule has 1 saturated carbocycles. The molecule has 0 radical (unpaired) electrons. The van der Waals surface area contributed by atoms with Crippen molar-refractivity contribution in [2.75, 3.05) is 0 Å². The van der Waals surface area contributed by atoms with Crippen molar-refractivity contribution in [2.24, 2.45) is 0 Å². The van der Waals surface area contributed by atoms with Crippen molar-refractivity contribution in [3.63, 3.8) is 0 Å². The summed E-state index contributed by atoms with van der Waals surface area (Å²) in [6, 6.07) is 2.57. The van der Waals surface area contributed by atoms with Crippen LogP contribution in [0.1, 0.15) is 63.1 Å². The molecule has 0 bridgehead atoms. The van der Waals surface area contributed by atoms with Crippen molar-refractivity contribution in [1.29, 1.82) is 0 Å². The number of hydrogen-bond donors (Lipinski definition) is 0. The van der Waals surface area contributed by atoms with Crippen LogP contribution in [0.25, 0.3) is 0 Å². The molecule has 0 aromatic carbocycles. The number of nitrogens with zero attached hydrogens (tertiary/aromatic N) is 2. The Labute approximate surface area is 114 Å². The molecule has 19 heavy (non-hydrogen) atoms. The van der Waals surface area contributed by atoms with Crippen LogP contribution in [0.15, 0.2) is 23.9 Å². The van der Waals surface area contributed by atoms with E-state index in [2.05, 4.69) is 22.1 Å². The van der Waals surface area contributed by atoms with Gasteiger partial charge >= 0.3 is 0 Å². The summed E-state index contributed by atoms with van der Waals surface area (Å²) < 4.78 is 2.09. The fourth-order valence-electron chi connectivity index (χ4n) is 3.22. The highest BCUT2D eigenvalue weighted by atomic mass is 16.1. The third-order valence-corrected chi connectivity index (χ3v) is 4.35. The highest BCUT2D eigenvalue weighted by Crippen LogP contribution is 2.27. The molecule has 0 saturated heterocycles. The molecule has 1 heterocycles. The van der Waals surface area contributed by atoms with Crippen molar-refractivity contribution in [3.8, 4) is 0 Å². The number of carbonyl (C=O) groups excluding carboxylic acids is 1. The van der Waals surface area contributed by atoms with Gasteiger partial charge in [-0.15, -0.1) is 0 Å². The SMILES string of the molecule is O=C(Cc1ccn(C2CCCCC2)n1)C1=CCCC1. The number of ketones is 1. The summed E-state index contributed by atoms with van der Waals surface area (Å²) in [6.45, 7) is 0. The quantitative estimate of drug-likeness (QED) is 0.827. The predicted molar refractivity (Wildman–Crippen MR) is 75.0 cm³/mol. The molecule has 3 nitrogen and oxygen atoms in total. The molecule has 2 aliphatic carbocycles. The van der Waals surface area contributed by atoms with Crippen molar-refractivity contribution >= 4 is 5.78 Å². The molecule has 0 unspecified atom stereocenters. The first-order valence-electron chi connectivity index (χ1n) is 7.59. The first-order chi connectivity index (χ1) is 9.33. The van der Waals surface area contributed by atoms with E-state index in [-0.39, 0.29) is 5.78 Å². The molecule has 1 fully saturated rings. The first kappa shape index (κ1) is 12.6. The van der Waals surface area contributed by atoms with E-state index in [4.69, 9.17) is 0 Å². The summed E-state index contributed by atoms with van der Waals surface area (Å²) in [4.78, 5) is 12.1. The summed E-state index contributed by atoms with van der Waals surface area (Å²) in [5.41, 5.74) is 1.95. The predicted octanol–water partition coefficient (Wildman–Crippen LogP) is 3.61. The molecule has 0 amide bonds. The van der Waals surface area contributed by atoms with E-state index < -0.39 is 0 Å². The van der Waals surface area contributed by atoms with Crippen LogP contribution in [0.5, 0.6) is 0 Å². The lowest BCUT2D eigenvalue weighted by Crippen LogP contribution is -2.14. The number of carbonyl (C=O) groups is 1. The minimum absolute atomic E-state index is 0.270. The van der Waals surface area contributed by atoms with E-state index in [9.17, 15) is 4.79 Å². The van der Waals surface area contributed by atoms with Crippen LogP contribution in [0.2, 0.25) is 0 Å². The Kier molecular flexibility index (Phi) is 3.81. The zero-order chi connectivity index (χ0) is 13.1. The van der Waals surface area contributed by atoms with Gasteiger partial charge < -0.3 is 0 Å². The normalized spacial score (nSPS) is 20.5. The first-order valence-corrected chi connectivity index (χ1v) is 7.59. The largest absolute Gasteiger partial charge is 0.294 e. The van der Waals surface area contributed by atoms with E-state index >= 15 is 0 Å². The molecule has 0 N–H and O–H groups in total. The van der Waals surface area contributed by atoms with Gasteiger partial charge in [0.05, 0.1) is 18.2 Å². The Morgan fingerprint density at radius 1 is 1.26 bits per heavy atom. The molecule has 1 aromatic heterocycles. The molecule has 2 aliphatic rings. The third kappa shape index (κ3) is 2.96. The molecular formula is C16H22N2O. The molecule has 102 valence electrons. The monoisotopic (exact) mass is 258 g/mol. The Hall–Kier alpha value is -1.38. The molecule has 0 aliphatic heterocycles. The van der Waals surface area contributed by atoms with Crippen molar-refractivity contribution < 1.29 is 4.79 Å². The number of allylic oxidation sites excluding steroid dienone is 2. The van der Waals surface area contributed by atoms with Gasteiger partial charge in [-0.05, 0) is 43.7 Å². The lowest BCUT2D eigenvalue weighted by molar-refractivity contribution is -0.115. The fraction of sp³-hybridized carbons (Fsp3) is 0.625. The fourth-order valence-corrected chi connectivity index (χ4v) is 3.22. The van der Waals surface area contributed by atoms with Gasteiger partial charge in [0.15, 0.2) is 5.78 Å². The van der Waals surface area contributed by atoms with Crippen LogP contribution in [0, 0.1) is 0 Å². The van der Waals surface area contributed by atoms with Gasteiger partial charge in [-0.25, -0.2) is 0 Å². The summed E-state index contributed by atoms with van der Waals surface area (Å²) in [5.74, 6) is 0.270. The van der Waals surface area contributed by atoms with Crippen LogP contribution in [-0.2, 0) is 11.2 Å². The number of hydrogen-bond acceptors (Lipinski definition) is 2. The Morgan fingerprint density at radius 2 is 2.11 bits per heavy atom. The highest BCUT2D eigenvalue weighted by molar-refractivity contribution is 5.96. The molecule has 1 aromatic rings. The summed E-state index contributed by atoms with van der Waals surface area (Å²) in [6.07, 6.45) is 14.3.